The molecule has 30 heavy (non-hydrogen) atoms. The van der Waals surface area contributed by atoms with Gasteiger partial charge in [0.2, 0.25) is 0 Å². The van der Waals surface area contributed by atoms with Crippen LogP contribution in [0.15, 0.2) is 61.7 Å². The van der Waals surface area contributed by atoms with Crippen LogP contribution in [0.2, 0.25) is 0 Å². The van der Waals surface area contributed by atoms with E-state index in [0.717, 1.165) is 50.0 Å². The van der Waals surface area contributed by atoms with Crippen molar-refractivity contribution in [2.75, 3.05) is 13.6 Å². The summed E-state index contributed by atoms with van der Waals surface area (Å²) in [5.41, 5.74) is 7.33. The Morgan fingerprint density at radius 2 is 1.90 bits per heavy atom. The van der Waals surface area contributed by atoms with Crippen LogP contribution in [-0.4, -0.2) is 23.1 Å². The van der Waals surface area contributed by atoms with Gasteiger partial charge in [0.1, 0.15) is 5.82 Å². The van der Waals surface area contributed by atoms with Crippen LogP contribution in [0.4, 0.5) is 4.39 Å². The van der Waals surface area contributed by atoms with Gasteiger partial charge in [-0.05, 0) is 80.7 Å². The molecule has 2 aromatic carbocycles. The van der Waals surface area contributed by atoms with E-state index in [4.69, 9.17) is 0 Å². The van der Waals surface area contributed by atoms with Crippen LogP contribution >= 0.6 is 0 Å². The molecule has 3 heteroatoms. The van der Waals surface area contributed by atoms with E-state index < -0.39 is 0 Å². The lowest BCUT2D eigenvalue weighted by Gasteiger charge is -2.18. The molecule has 0 aliphatic rings. The molecule has 0 radical (unpaired) electrons. The molecule has 0 aliphatic carbocycles. The molecule has 0 unspecified atom stereocenters. The fourth-order valence-corrected chi connectivity index (χ4v) is 4.22. The van der Waals surface area contributed by atoms with Gasteiger partial charge in [-0.2, -0.15) is 0 Å². The summed E-state index contributed by atoms with van der Waals surface area (Å²) in [6.45, 7) is 15.4. The predicted octanol–water partition coefficient (Wildman–Crippen LogP) is 6.76. The van der Waals surface area contributed by atoms with Crippen molar-refractivity contribution in [2.45, 2.75) is 46.2 Å². The number of aromatic nitrogens is 1. The summed E-state index contributed by atoms with van der Waals surface area (Å²) in [4.78, 5) is 2.40. The zero-order valence-corrected chi connectivity index (χ0v) is 18.5. The average molecular weight is 405 g/mol. The van der Waals surface area contributed by atoms with Gasteiger partial charge in [-0.25, -0.2) is 4.39 Å². The molecule has 0 bridgehead atoms. The zero-order chi connectivity index (χ0) is 21.7. The van der Waals surface area contributed by atoms with E-state index in [1.54, 1.807) is 0 Å². The highest BCUT2D eigenvalue weighted by Crippen LogP contribution is 2.31. The first-order chi connectivity index (χ1) is 14.4. The van der Waals surface area contributed by atoms with Crippen LogP contribution in [0.1, 0.15) is 42.1 Å². The fraction of sp³-hybridized carbons (Fsp3) is 0.333. The molecule has 0 fully saturated rings. The third kappa shape index (κ3) is 4.91. The molecule has 0 amide bonds. The van der Waals surface area contributed by atoms with Gasteiger partial charge in [0, 0.05) is 29.7 Å². The third-order valence-electron chi connectivity index (χ3n) is 5.70. The first-order valence-corrected chi connectivity index (χ1v) is 10.8. The summed E-state index contributed by atoms with van der Waals surface area (Å²) >= 11 is 0. The lowest BCUT2D eigenvalue weighted by Crippen LogP contribution is -2.19. The number of rotatable bonds is 10. The highest BCUT2D eigenvalue weighted by molar-refractivity contribution is 5.86. The van der Waals surface area contributed by atoms with Crippen molar-refractivity contribution in [3.63, 3.8) is 0 Å². The highest BCUT2D eigenvalue weighted by Gasteiger charge is 2.18. The number of hydrogen-bond donors (Lipinski definition) is 0. The molecule has 158 valence electrons. The molecule has 1 aromatic heterocycles. The first-order valence-electron chi connectivity index (χ1n) is 10.8. The summed E-state index contributed by atoms with van der Waals surface area (Å²) in [6, 6.07) is 13.4. The van der Waals surface area contributed by atoms with E-state index in [9.17, 15) is 4.39 Å². The van der Waals surface area contributed by atoms with E-state index >= 15 is 0 Å². The molecule has 1 heterocycles. The molecule has 0 atom stereocenters. The maximum atomic E-state index is 13.3. The van der Waals surface area contributed by atoms with Crippen molar-refractivity contribution in [3.05, 3.63) is 89.9 Å². The van der Waals surface area contributed by atoms with Crippen molar-refractivity contribution in [1.29, 1.82) is 0 Å². The molecule has 0 aliphatic heterocycles. The second-order valence-electron chi connectivity index (χ2n) is 8.19. The number of benzene rings is 2. The molecule has 3 rings (SSSR count). The van der Waals surface area contributed by atoms with Crippen LogP contribution in [0.3, 0.4) is 0 Å². The van der Waals surface area contributed by atoms with Gasteiger partial charge in [0.25, 0.3) is 0 Å². The van der Waals surface area contributed by atoms with E-state index in [0.29, 0.717) is 0 Å². The largest absolute Gasteiger partial charge is 0.340 e. The Morgan fingerprint density at radius 1 is 1.17 bits per heavy atom. The Morgan fingerprint density at radius 3 is 2.57 bits per heavy atom. The summed E-state index contributed by atoms with van der Waals surface area (Å²) in [5, 5.41) is 1.34. The minimum Gasteiger partial charge on any atom is -0.340 e. The van der Waals surface area contributed by atoms with E-state index in [2.05, 4.69) is 61.7 Å². The number of aryl methyl sites for hydroxylation is 1. The summed E-state index contributed by atoms with van der Waals surface area (Å²) in [5.74, 6) is -0.214. The van der Waals surface area contributed by atoms with Crippen LogP contribution in [0.25, 0.3) is 16.5 Å². The summed E-state index contributed by atoms with van der Waals surface area (Å²) in [7, 11) is 2.19. The monoisotopic (exact) mass is 404 g/mol. The number of fused-ring (bicyclic) bond motifs is 1. The van der Waals surface area contributed by atoms with Crippen molar-refractivity contribution >= 4 is 16.5 Å². The minimum absolute atomic E-state index is 0.214. The lowest BCUT2D eigenvalue weighted by atomic mass is 9.99. The van der Waals surface area contributed by atoms with E-state index in [1.807, 2.05) is 18.2 Å². The van der Waals surface area contributed by atoms with Gasteiger partial charge in [0.15, 0.2) is 0 Å². The van der Waals surface area contributed by atoms with Crippen molar-refractivity contribution in [3.8, 4) is 0 Å². The smallest absolute Gasteiger partial charge is 0.123 e. The van der Waals surface area contributed by atoms with Crippen LogP contribution < -0.4 is 0 Å². The second kappa shape index (κ2) is 9.90. The summed E-state index contributed by atoms with van der Waals surface area (Å²) < 4.78 is 15.7. The van der Waals surface area contributed by atoms with Crippen molar-refractivity contribution in [2.24, 2.45) is 0 Å². The van der Waals surface area contributed by atoms with Gasteiger partial charge in [0.05, 0.1) is 0 Å². The second-order valence-corrected chi connectivity index (χ2v) is 8.19. The number of hydrogen-bond acceptors (Lipinski definition) is 1. The van der Waals surface area contributed by atoms with Crippen LogP contribution in [-0.2, 0) is 19.5 Å². The van der Waals surface area contributed by atoms with E-state index in [1.165, 1.54) is 39.9 Å². The van der Waals surface area contributed by atoms with Crippen molar-refractivity contribution in [1.82, 2.24) is 9.47 Å². The standard InChI is InChI=1S/C27H33FN2/c1-6-16-29(5)19-25-24-18-20(3)8-14-26(24)30(17-7-2)27(25)15-9-21(4)22-10-12-23(28)13-11-22/h7-8,10-14,18H,2,4,6,9,15-17,19H2,1,3,5H3. The number of allylic oxidation sites excluding steroid dienone is 2. The SMILES string of the molecule is C=CCn1c(CCC(=C)c2ccc(F)cc2)c(CN(C)CCC)c2cc(C)ccc21. The zero-order valence-electron chi connectivity index (χ0n) is 18.5. The fourth-order valence-electron chi connectivity index (χ4n) is 4.22. The van der Waals surface area contributed by atoms with Crippen molar-refractivity contribution < 1.29 is 4.39 Å². The normalized spacial score (nSPS) is 11.4. The highest BCUT2D eigenvalue weighted by atomic mass is 19.1. The molecular weight excluding hydrogens is 371 g/mol. The van der Waals surface area contributed by atoms with Gasteiger partial charge in [-0.3, -0.25) is 0 Å². The van der Waals surface area contributed by atoms with Gasteiger partial charge < -0.3 is 9.47 Å². The predicted molar refractivity (Wildman–Crippen MR) is 127 cm³/mol. The Bertz CT molecular complexity index is 1030. The van der Waals surface area contributed by atoms with Crippen LogP contribution in [0, 0.1) is 12.7 Å². The molecule has 0 saturated heterocycles. The summed E-state index contributed by atoms with van der Waals surface area (Å²) in [6.07, 6.45) is 4.84. The Kier molecular flexibility index (Phi) is 7.28. The molecule has 3 aromatic rings. The quantitative estimate of drug-likeness (QED) is 0.339. The average Bonchev–Trinajstić information content (AvgIpc) is 2.99. The third-order valence-corrected chi connectivity index (χ3v) is 5.70. The Hall–Kier alpha value is -2.65. The maximum Gasteiger partial charge on any atom is 0.123 e. The van der Waals surface area contributed by atoms with Crippen LogP contribution in [0.5, 0.6) is 0 Å². The number of halogens is 1. The molecule has 0 spiro atoms. The molecule has 0 N–H and O–H groups in total. The van der Waals surface area contributed by atoms with E-state index in [-0.39, 0.29) is 5.82 Å². The lowest BCUT2D eigenvalue weighted by molar-refractivity contribution is 0.327. The minimum atomic E-state index is -0.214. The number of nitrogens with zero attached hydrogens (tertiary/aromatic N) is 2. The molecular formula is C27H33FN2. The first kappa shape index (κ1) is 22.0. The van der Waals surface area contributed by atoms with Gasteiger partial charge in [-0.1, -0.05) is 43.3 Å². The topological polar surface area (TPSA) is 8.17 Å². The van der Waals surface area contributed by atoms with Gasteiger partial charge in [-0.15, -0.1) is 6.58 Å². The maximum absolute atomic E-state index is 13.3. The Balaban J connectivity index is 1.99. The molecule has 0 saturated carbocycles. The van der Waals surface area contributed by atoms with Gasteiger partial charge >= 0.3 is 0 Å². The Labute approximate surface area is 180 Å². The molecule has 2 nitrogen and oxygen atoms in total.